The van der Waals surface area contributed by atoms with E-state index in [1.54, 1.807) is 36.4 Å². The quantitative estimate of drug-likeness (QED) is 0.173. The van der Waals surface area contributed by atoms with E-state index in [1.165, 1.54) is 16.4 Å². The van der Waals surface area contributed by atoms with Crippen molar-refractivity contribution in [2.45, 2.75) is 89.4 Å². The minimum Gasteiger partial charge on any atom is -0.390 e. The summed E-state index contributed by atoms with van der Waals surface area (Å²) in [6, 6.07) is 20.3. The van der Waals surface area contributed by atoms with Gasteiger partial charge in [-0.1, -0.05) is 94.8 Å². The molecule has 3 atom stereocenters. The molecule has 0 heterocycles. The van der Waals surface area contributed by atoms with Crippen LogP contribution in [0.5, 0.6) is 0 Å². The molecule has 2 amide bonds. The van der Waals surface area contributed by atoms with Gasteiger partial charge in [0.15, 0.2) is 0 Å². The monoisotopic (exact) mass is 694 g/mol. The van der Waals surface area contributed by atoms with Crippen LogP contribution in [-0.4, -0.2) is 67.5 Å². The normalized spacial score (nSPS) is 16.2. The van der Waals surface area contributed by atoms with Gasteiger partial charge in [-0.3, -0.25) is 14.9 Å². The maximum Gasteiger partial charge on any atom is 0.243 e. The highest BCUT2D eigenvalue weighted by Gasteiger charge is 2.44. The number of nitrogens with one attached hydrogen (secondary N) is 3. The average Bonchev–Trinajstić information content (AvgIpc) is 3.83. The van der Waals surface area contributed by atoms with Crippen molar-refractivity contribution in [2.24, 2.45) is 11.3 Å². The summed E-state index contributed by atoms with van der Waals surface area (Å²) >= 11 is 0. The number of carbonyl (C=O) groups is 2. The van der Waals surface area contributed by atoms with Gasteiger partial charge < -0.3 is 15.7 Å². The third kappa shape index (κ3) is 10.4. The van der Waals surface area contributed by atoms with Crippen LogP contribution in [0.4, 0.5) is 4.39 Å². The Labute approximate surface area is 290 Å². The molecule has 1 aliphatic rings. The first kappa shape index (κ1) is 38.2. The van der Waals surface area contributed by atoms with E-state index in [2.05, 4.69) is 16.0 Å². The van der Waals surface area contributed by atoms with Crippen molar-refractivity contribution in [1.82, 2.24) is 20.3 Å². The number of carbonyl (C=O) groups excluding carboxylic acids is 2. The molecule has 0 aliphatic heterocycles. The molecule has 0 aromatic heterocycles. The third-order valence-electron chi connectivity index (χ3n) is 8.88. The zero-order chi connectivity index (χ0) is 36.0. The molecule has 0 bridgehead atoms. The first-order chi connectivity index (χ1) is 23.0. The van der Waals surface area contributed by atoms with E-state index < -0.39 is 45.1 Å². The lowest BCUT2D eigenvalue weighted by molar-refractivity contribution is -0.132. The van der Waals surface area contributed by atoms with Crippen LogP contribution in [-0.2, 0) is 31.6 Å². The Balaban J connectivity index is 1.52. The van der Waals surface area contributed by atoms with E-state index in [1.807, 2.05) is 71.9 Å². The maximum atomic E-state index is 14.0. The molecule has 9 nitrogen and oxygen atoms in total. The summed E-state index contributed by atoms with van der Waals surface area (Å²) in [6.45, 7) is 11.1. The van der Waals surface area contributed by atoms with Crippen LogP contribution >= 0.6 is 0 Å². The molecule has 0 saturated heterocycles. The Morgan fingerprint density at radius 2 is 1.53 bits per heavy atom. The van der Waals surface area contributed by atoms with E-state index in [9.17, 15) is 27.5 Å². The smallest absolute Gasteiger partial charge is 0.243 e. The number of hydrogen-bond donors (Lipinski definition) is 4. The average molecular weight is 695 g/mol. The maximum absolute atomic E-state index is 14.0. The Morgan fingerprint density at radius 1 is 0.918 bits per heavy atom. The van der Waals surface area contributed by atoms with Crippen LogP contribution in [0, 0.1) is 24.1 Å². The molecule has 3 aromatic carbocycles. The van der Waals surface area contributed by atoms with Crippen molar-refractivity contribution in [1.29, 1.82) is 0 Å². The minimum atomic E-state index is -3.96. The van der Waals surface area contributed by atoms with Crippen molar-refractivity contribution in [3.63, 3.8) is 0 Å². The first-order valence-electron chi connectivity index (χ1n) is 16.9. The minimum absolute atomic E-state index is 0.0264. The Bertz CT molecular complexity index is 1650. The second-order valence-electron chi connectivity index (χ2n) is 14.7. The number of nitrogens with zero attached hydrogens (tertiary/aromatic N) is 1. The number of halogens is 1. The van der Waals surface area contributed by atoms with Crippen molar-refractivity contribution in [3.8, 4) is 0 Å². The molecule has 1 fully saturated rings. The van der Waals surface area contributed by atoms with E-state index in [-0.39, 0.29) is 48.6 Å². The second kappa shape index (κ2) is 15.9. The van der Waals surface area contributed by atoms with Crippen molar-refractivity contribution < 1.29 is 27.5 Å². The molecule has 11 heteroatoms. The van der Waals surface area contributed by atoms with Crippen LogP contribution in [0.25, 0.3) is 0 Å². The van der Waals surface area contributed by atoms with Crippen LogP contribution < -0.4 is 16.0 Å². The number of sulfonamides is 1. The van der Waals surface area contributed by atoms with Gasteiger partial charge in [0.05, 0.1) is 23.6 Å². The zero-order valence-electron chi connectivity index (χ0n) is 29.4. The summed E-state index contributed by atoms with van der Waals surface area (Å²) in [4.78, 5) is 27.4. The predicted molar refractivity (Wildman–Crippen MR) is 190 cm³/mol. The lowest BCUT2D eigenvalue weighted by atomic mass is 9.85. The number of aryl methyl sites for hydroxylation is 1. The Kier molecular flexibility index (Phi) is 12.4. The fourth-order valence-electron chi connectivity index (χ4n) is 5.89. The summed E-state index contributed by atoms with van der Waals surface area (Å²) in [5.41, 5.74) is 1.57. The van der Waals surface area contributed by atoms with Gasteiger partial charge in [0, 0.05) is 18.6 Å². The fraction of sp³-hybridized carbons (Fsp3) is 0.474. The van der Waals surface area contributed by atoms with Crippen LogP contribution in [0.2, 0.25) is 0 Å². The summed E-state index contributed by atoms with van der Waals surface area (Å²) < 4.78 is 42.3. The van der Waals surface area contributed by atoms with Gasteiger partial charge in [-0.05, 0) is 72.9 Å². The number of hydrogen-bond acceptors (Lipinski definition) is 6. The van der Waals surface area contributed by atoms with Crippen molar-refractivity contribution in [2.75, 3.05) is 19.6 Å². The molecule has 1 aliphatic carbocycles. The van der Waals surface area contributed by atoms with Crippen molar-refractivity contribution in [3.05, 3.63) is 101 Å². The molecular weight excluding hydrogens is 644 g/mol. The molecule has 0 spiro atoms. The molecule has 3 aromatic rings. The first-order valence-corrected chi connectivity index (χ1v) is 18.3. The summed E-state index contributed by atoms with van der Waals surface area (Å²) in [6.07, 6.45) is 0.579. The highest BCUT2D eigenvalue weighted by atomic mass is 32.2. The van der Waals surface area contributed by atoms with E-state index in [0.717, 1.165) is 29.5 Å². The highest BCUT2D eigenvalue weighted by Crippen LogP contribution is 2.45. The molecule has 49 heavy (non-hydrogen) atoms. The molecule has 266 valence electrons. The number of aliphatic hydroxyl groups excluding tert-OH is 1. The topological polar surface area (TPSA) is 128 Å². The van der Waals surface area contributed by atoms with Crippen LogP contribution in [0.15, 0.2) is 83.8 Å². The van der Waals surface area contributed by atoms with Gasteiger partial charge >= 0.3 is 0 Å². The summed E-state index contributed by atoms with van der Waals surface area (Å²) in [5, 5.41) is 20.8. The van der Waals surface area contributed by atoms with E-state index in [4.69, 9.17) is 0 Å². The third-order valence-corrected chi connectivity index (χ3v) is 10.7. The van der Waals surface area contributed by atoms with Crippen LogP contribution in [0.3, 0.4) is 0 Å². The Morgan fingerprint density at radius 3 is 2.08 bits per heavy atom. The van der Waals surface area contributed by atoms with Gasteiger partial charge in [-0.25, -0.2) is 12.8 Å². The molecule has 1 saturated carbocycles. The number of aliphatic hydroxyl groups is 1. The predicted octanol–water partition coefficient (Wildman–Crippen LogP) is 4.68. The SMILES string of the molecule is Cc1ccc(S(=O)(=O)N(CC(C)C)CC(O)C(Cc2ccccc2)NC(=O)C(NC(=O)CNC2(c3ccc(F)cc3)CC2)C(C)(C)C)cc1. The number of rotatable bonds is 16. The van der Waals surface area contributed by atoms with E-state index >= 15 is 0 Å². The Hall–Kier alpha value is -3.64. The lowest BCUT2D eigenvalue weighted by Crippen LogP contribution is -2.59. The van der Waals surface area contributed by atoms with Crippen molar-refractivity contribution >= 4 is 21.8 Å². The molecule has 4 rings (SSSR count). The largest absolute Gasteiger partial charge is 0.390 e. The van der Waals surface area contributed by atoms with Crippen LogP contribution in [0.1, 0.15) is 64.2 Å². The summed E-state index contributed by atoms with van der Waals surface area (Å²) in [7, 11) is -3.96. The molecule has 3 unspecified atom stereocenters. The highest BCUT2D eigenvalue weighted by molar-refractivity contribution is 7.89. The van der Waals surface area contributed by atoms with Gasteiger partial charge in [-0.15, -0.1) is 0 Å². The second-order valence-corrected chi connectivity index (χ2v) is 16.6. The zero-order valence-corrected chi connectivity index (χ0v) is 30.2. The lowest BCUT2D eigenvalue weighted by Gasteiger charge is -2.34. The van der Waals surface area contributed by atoms with Gasteiger partial charge in [0.1, 0.15) is 11.9 Å². The van der Waals surface area contributed by atoms with Gasteiger partial charge in [0.25, 0.3) is 0 Å². The number of benzene rings is 3. The summed E-state index contributed by atoms with van der Waals surface area (Å²) in [5.74, 6) is -1.22. The van der Waals surface area contributed by atoms with E-state index in [0.29, 0.717) is 0 Å². The molecular formula is C38H51FN4O5S. The molecule has 0 radical (unpaired) electrons. The fourth-order valence-corrected chi connectivity index (χ4v) is 7.51. The standard InChI is InChI=1S/C38H51FN4O5S/c1-26(2)24-43(49(47,48)31-18-12-27(3)13-19-31)25-33(44)32(22-28-10-8-7-9-11-28)41-36(46)35(37(4,5)6)42-34(45)23-40-38(20-21-38)29-14-16-30(39)17-15-29/h7-19,26,32-33,35,40,44H,20-25H2,1-6H3,(H,41,46)(H,42,45). The van der Waals surface area contributed by atoms with Gasteiger partial charge in [-0.2, -0.15) is 4.31 Å². The van der Waals surface area contributed by atoms with Gasteiger partial charge in [0.2, 0.25) is 21.8 Å². The number of amides is 2. The molecule has 4 N–H and O–H groups in total.